The smallest absolute Gasteiger partial charge is 0.303 e. The first-order valence-corrected chi connectivity index (χ1v) is 8.54. The lowest BCUT2D eigenvalue weighted by molar-refractivity contribution is -0.325. The maximum atomic E-state index is 10.6. The van der Waals surface area contributed by atoms with Crippen molar-refractivity contribution in [1.82, 2.24) is 0 Å². The molecule has 1 N–H and O–H groups in total. The van der Waals surface area contributed by atoms with Gasteiger partial charge in [-0.1, -0.05) is 69.8 Å². The van der Waals surface area contributed by atoms with E-state index in [9.17, 15) is 10.1 Å². The summed E-state index contributed by atoms with van der Waals surface area (Å²) in [5.41, 5.74) is 0. The topological polar surface area (TPSA) is 66.4 Å². The molecule has 1 atom stereocenters. The Morgan fingerprint density at radius 3 is 2.45 bits per heavy atom. The Bertz CT molecular complexity index is 310. The van der Waals surface area contributed by atoms with Gasteiger partial charge in [0.25, 0.3) is 0 Å². The Morgan fingerprint density at radius 2 is 1.77 bits per heavy atom. The molecule has 0 rings (SSSR count). The van der Waals surface area contributed by atoms with Crippen LogP contribution in [0.25, 0.3) is 0 Å². The quantitative estimate of drug-likeness (QED) is 0.195. The molecule has 0 aromatic heterocycles. The van der Waals surface area contributed by atoms with Crippen molar-refractivity contribution in [3.8, 4) is 0 Å². The molecule has 1 unspecified atom stereocenters. The van der Waals surface area contributed by atoms with Crippen molar-refractivity contribution in [3.05, 3.63) is 24.3 Å². The molecule has 0 aliphatic heterocycles. The van der Waals surface area contributed by atoms with E-state index >= 15 is 0 Å². The standard InChI is InChI=1S/C18H31O4/c1-2-3-4-5-6-8-11-14-17(22-21)15-12-9-7-10-13-16-18(19)20/h6,8,11,14,17H,2-5,7,9-10,12-13,15-16H2,1H3,(H,19,20)/b8-6-,14-11-. The van der Waals surface area contributed by atoms with Gasteiger partial charge in [-0.2, -0.15) is 4.89 Å². The number of allylic oxidation sites excluding steroid dienone is 3. The fraction of sp³-hybridized carbons (Fsp3) is 0.722. The van der Waals surface area contributed by atoms with Crippen LogP contribution in [0.4, 0.5) is 0 Å². The second kappa shape index (κ2) is 16.2. The molecule has 0 aliphatic carbocycles. The summed E-state index contributed by atoms with van der Waals surface area (Å²) in [5, 5.41) is 19.2. The van der Waals surface area contributed by atoms with Crippen LogP contribution in [-0.4, -0.2) is 17.2 Å². The van der Waals surface area contributed by atoms with Crippen LogP contribution in [0, 0.1) is 0 Å². The average Bonchev–Trinajstić information content (AvgIpc) is 2.50. The minimum absolute atomic E-state index is 0.250. The molecular weight excluding hydrogens is 280 g/mol. The fourth-order valence-corrected chi connectivity index (χ4v) is 2.20. The summed E-state index contributed by atoms with van der Waals surface area (Å²) < 4.78 is 0. The lowest BCUT2D eigenvalue weighted by Crippen LogP contribution is -2.05. The van der Waals surface area contributed by atoms with E-state index in [1.54, 1.807) is 0 Å². The molecule has 0 saturated carbocycles. The van der Waals surface area contributed by atoms with Crippen LogP contribution in [0.5, 0.6) is 0 Å². The maximum absolute atomic E-state index is 10.6. The van der Waals surface area contributed by atoms with E-state index in [1.807, 2.05) is 18.2 Å². The van der Waals surface area contributed by atoms with Gasteiger partial charge in [0, 0.05) is 6.42 Å². The highest BCUT2D eigenvalue weighted by Crippen LogP contribution is 2.11. The lowest BCUT2D eigenvalue weighted by Gasteiger charge is -2.06. The molecule has 0 amide bonds. The molecule has 127 valence electrons. The van der Waals surface area contributed by atoms with Gasteiger partial charge < -0.3 is 5.11 Å². The third kappa shape index (κ3) is 15.3. The predicted octanol–water partition coefficient (Wildman–Crippen LogP) is 5.23. The number of carboxylic acids is 1. The number of hydrogen-bond acceptors (Lipinski definition) is 2. The zero-order valence-corrected chi connectivity index (χ0v) is 13.8. The summed E-state index contributed by atoms with van der Waals surface area (Å²) in [7, 11) is 0. The van der Waals surface area contributed by atoms with Gasteiger partial charge in [0.15, 0.2) is 0 Å². The number of carboxylic acid groups (broad SMARTS) is 1. The summed E-state index contributed by atoms with van der Waals surface area (Å²) >= 11 is 0. The summed E-state index contributed by atoms with van der Waals surface area (Å²) in [4.78, 5) is 14.6. The first-order chi connectivity index (χ1) is 10.7. The molecule has 0 heterocycles. The van der Waals surface area contributed by atoms with Gasteiger partial charge in [0.2, 0.25) is 0 Å². The molecule has 22 heavy (non-hydrogen) atoms. The van der Waals surface area contributed by atoms with E-state index in [-0.39, 0.29) is 12.5 Å². The number of hydrogen-bond donors (Lipinski definition) is 1. The molecule has 0 aromatic carbocycles. The van der Waals surface area contributed by atoms with E-state index in [0.717, 1.165) is 44.9 Å². The highest BCUT2D eigenvalue weighted by Gasteiger charge is 2.04. The van der Waals surface area contributed by atoms with Gasteiger partial charge in [-0.3, -0.25) is 4.79 Å². The van der Waals surface area contributed by atoms with Gasteiger partial charge in [0.1, 0.15) is 6.10 Å². The van der Waals surface area contributed by atoms with E-state index < -0.39 is 5.97 Å². The second-order valence-corrected chi connectivity index (χ2v) is 5.64. The summed E-state index contributed by atoms with van der Waals surface area (Å²) in [5.74, 6) is -0.729. The van der Waals surface area contributed by atoms with Crippen molar-refractivity contribution in [2.75, 3.05) is 0 Å². The number of carbonyl (C=O) groups is 1. The molecule has 0 aliphatic rings. The molecule has 0 saturated heterocycles. The summed E-state index contributed by atoms with van der Waals surface area (Å²) in [6.07, 6.45) is 17.8. The predicted molar refractivity (Wildman–Crippen MR) is 87.9 cm³/mol. The third-order valence-corrected chi connectivity index (χ3v) is 3.55. The molecule has 1 radical (unpaired) electrons. The first kappa shape index (κ1) is 20.9. The molecule has 0 aromatic rings. The molecule has 0 spiro atoms. The molecule has 4 heteroatoms. The van der Waals surface area contributed by atoms with Crippen LogP contribution >= 0.6 is 0 Å². The average molecular weight is 311 g/mol. The monoisotopic (exact) mass is 311 g/mol. The Morgan fingerprint density at radius 1 is 1.05 bits per heavy atom. The molecular formula is C18H31O4. The maximum Gasteiger partial charge on any atom is 0.303 e. The van der Waals surface area contributed by atoms with Crippen molar-refractivity contribution in [3.63, 3.8) is 0 Å². The normalized spacial score (nSPS) is 13.2. The Labute approximate surface area is 134 Å². The highest BCUT2D eigenvalue weighted by atomic mass is 17.1. The zero-order chi connectivity index (χ0) is 16.5. The highest BCUT2D eigenvalue weighted by molar-refractivity contribution is 5.66. The van der Waals surface area contributed by atoms with Crippen molar-refractivity contribution in [2.24, 2.45) is 0 Å². The Balaban J connectivity index is 3.59. The zero-order valence-electron chi connectivity index (χ0n) is 13.8. The van der Waals surface area contributed by atoms with Crippen LogP contribution in [0.2, 0.25) is 0 Å². The molecule has 0 fully saturated rings. The molecule has 0 bridgehead atoms. The van der Waals surface area contributed by atoms with Crippen LogP contribution in [-0.2, 0) is 14.9 Å². The largest absolute Gasteiger partial charge is 0.481 e. The van der Waals surface area contributed by atoms with Crippen molar-refractivity contribution < 1.29 is 20.0 Å². The lowest BCUT2D eigenvalue weighted by atomic mass is 10.1. The third-order valence-electron chi connectivity index (χ3n) is 3.55. The fourth-order valence-electron chi connectivity index (χ4n) is 2.20. The Hall–Kier alpha value is -1.13. The van der Waals surface area contributed by atoms with E-state index in [4.69, 9.17) is 5.11 Å². The molecule has 4 nitrogen and oxygen atoms in total. The van der Waals surface area contributed by atoms with E-state index in [1.165, 1.54) is 19.3 Å². The summed E-state index contributed by atoms with van der Waals surface area (Å²) in [6.45, 7) is 2.19. The Kier molecular flexibility index (Phi) is 15.4. The number of rotatable bonds is 15. The van der Waals surface area contributed by atoms with Crippen molar-refractivity contribution in [2.45, 2.75) is 83.7 Å². The second-order valence-electron chi connectivity index (χ2n) is 5.64. The van der Waals surface area contributed by atoms with Gasteiger partial charge in [-0.15, -0.1) is 0 Å². The SMILES string of the molecule is CCCCC/C=C\C=C/C(CCCCCCCC(=O)O)O[O]. The first-order valence-electron chi connectivity index (χ1n) is 8.54. The summed E-state index contributed by atoms with van der Waals surface area (Å²) in [6, 6.07) is 0. The van der Waals surface area contributed by atoms with Crippen LogP contribution in [0.3, 0.4) is 0 Å². The van der Waals surface area contributed by atoms with Gasteiger partial charge >= 0.3 is 5.97 Å². The van der Waals surface area contributed by atoms with Gasteiger partial charge in [-0.25, -0.2) is 0 Å². The minimum Gasteiger partial charge on any atom is -0.481 e. The van der Waals surface area contributed by atoms with Gasteiger partial charge in [0.05, 0.1) is 0 Å². The minimum atomic E-state index is -0.729. The number of unbranched alkanes of at least 4 members (excludes halogenated alkanes) is 7. The van der Waals surface area contributed by atoms with Crippen LogP contribution in [0.1, 0.15) is 77.6 Å². The van der Waals surface area contributed by atoms with E-state index in [0.29, 0.717) is 0 Å². The van der Waals surface area contributed by atoms with E-state index in [2.05, 4.69) is 17.9 Å². The van der Waals surface area contributed by atoms with Crippen LogP contribution < -0.4 is 0 Å². The van der Waals surface area contributed by atoms with Gasteiger partial charge in [-0.05, 0) is 30.9 Å². The van der Waals surface area contributed by atoms with Crippen LogP contribution in [0.15, 0.2) is 24.3 Å². The number of aliphatic carboxylic acids is 1. The van der Waals surface area contributed by atoms with Crippen molar-refractivity contribution in [1.29, 1.82) is 0 Å². The van der Waals surface area contributed by atoms with Crippen molar-refractivity contribution >= 4 is 5.97 Å².